The van der Waals surface area contributed by atoms with Crippen molar-refractivity contribution in [3.05, 3.63) is 17.3 Å². The molecule has 1 aromatic heterocycles. The van der Waals surface area contributed by atoms with Crippen molar-refractivity contribution < 1.29 is 0 Å². The molecule has 2 unspecified atom stereocenters. The van der Waals surface area contributed by atoms with Crippen LogP contribution < -0.4 is 10.6 Å². The summed E-state index contributed by atoms with van der Waals surface area (Å²) < 4.78 is 0. The smallest absolute Gasteiger partial charge is 0.151 e. The van der Waals surface area contributed by atoms with Crippen LogP contribution in [-0.2, 0) is 0 Å². The maximum atomic E-state index is 5.84. The molecule has 1 heterocycles. The van der Waals surface area contributed by atoms with Gasteiger partial charge in [0.2, 0.25) is 0 Å². The zero-order valence-electron chi connectivity index (χ0n) is 10.1. The third kappa shape index (κ3) is 2.69. The van der Waals surface area contributed by atoms with Gasteiger partial charge in [-0.1, -0.05) is 18.0 Å². The number of hydrogen-bond acceptors (Lipinski definition) is 4. The first-order valence-corrected chi connectivity index (χ1v) is 6.60. The van der Waals surface area contributed by atoms with Crippen LogP contribution in [0.3, 0.4) is 0 Å². The number of nitrogens with two attached hydrogens (primary N) is 1. The highest BCUT2D eigenvalue weighted by atomic mass is 35.5. The number of hydrogen-bond donors (Lipinski definition) is 1. The molecule has 94 valence electrons. The first-order valence-electron chi connectivity index (χ1n) is 6.22. The molecule has 2 N–H and O–H groups in total. The van der Waals surface area contributed by atoms with E-state index >= 15 is 0 Å². The number of rotatable bonds is 4. The van der Waals surface area contributed by atoms with Crippen molar-refractivity contribution in [2.24, 2.45) is 11.7 Å². The van der Waals surface area contributed by atoms with Crippen LogP contribution >= 0.6 is 11.6 Å². The minimum atomic E-state index is 0.437. The van der Waals surface area contributed by atoms with Gasteiger partial charge in [0.25, 0.3) is 0 Å². The van der Waals surface area contributed by atoms with Gasteiger partial charge < -0.3 is 10.6 Å². The average Bonchev–Trinajstić information content (AvgIpc) is 2.81. The second-order valence-corrected chi connectivity index (χ2v) is 4.88. The van der Waals surface area contributed by atoms with Gasteiger partial charge in [0, 0.05) is 12.6 Å². The summed E-state index contributed by atoms with van der Waals surface area (Å²) in [6.07, 6.45) is 3.67. The Bertz CT molecular complexity index is 354. The lowest BCUT2D eigenvalue weighted by molar-refractivity contribution is 0.458. The quantitative estimate of drug-likeness (QED) is 0.894. The fraction of sp³-hybridized carbons (Fsp3) is 0.667. The van der Waals surface area contributed by atoms with Crippen molar-refractivity contribution in [2.45, 2.75) is 32.2 Å². The van der Waals surface area contributed by atoms with Crippen molar-refractivity contribution in [1.82, 2.24) is 10.2 Å². The number of anilines is 1. The second-order valence-electron chi connectivity index (χ2n) is 4.49. The van der Waals surface area contributed by atoms with E-state index < -0.39 is 0 Å². The molecule has 0 radical (unpaired) electrons. The fourth-order valence-corrected chi connectivity index (χ4v) is 2.83. The molecule has 4 nitrogen and oxygen atoms in total. The van der Waals surface area contributed by atoms with Crippen molar-refractivity contribution in [3.8, 4) is 0 Å². The summed E-state index contributed by atoms with van der Waals surface area (Å²) in [5.41, 5.74) is 5.84. The molecule has 0 saturated heterocycles. The summed E-state index contributed by atoms with van der Waals surface area (Å²) in [6, 6.07) is 4.23. The van der Waals surface area contributed by atoms with Crippen LogP contribution in [0, 0.1) is 5.92 Å². The maximum absolute atomic E-state index is 5.84. The highest BCUT2D eigenvalue weighted by Crippen LogP contribution is 2.31. The lowest BCUT2D eigenvalue weighted by Crippen LogP contribution is -2.41. The van der Waals surface area contributed by atoms with E-state index in [-0.39, 0.29) is 0 Å². The minimum absolute atomic E-state index is 0.437. The lowest BCUT2D eigenvalue weighted by Gasteiger charge is -2.32. The topological polar surface area (TPSA) is 55.0 Å². The van der Waals surface area contributed by atoms with Gasteiger partial charge in [-0.2, -0.15) is 0 Å². The normalized spacial score (nSPS) is 23.9. The third-order valence-electron chi connectivity index (χ3n) is 3.57. The Kier molecular flexibility index (Phi) is 4.18. The van der Waals surface area contributed by atoms with E-state index in [1.807, 2.05) is 6.07 Å². The van der Waals surface area contributed by atoms with Crippen molar-refractivity contribution >= 4 is 17.4 Å². The van der Waals surface area contributed by atoms with Gasteiger partial charge in [-0.15, -0.1) is 10.2 Å². The predicted molar refractivity (Wildman–Crippen MR) is 70.2 cm³/mol. The van der Waals surface area contributed by atoms with Gasteiger partial charge in [0.1, 0.15) is 0 Å². The standard InChI is InChI=1S/C12H19ClN4/c1-2-17(10-5-3-4-9(10)8-14)12-7-6-11(13)15-16-12/h6-7,9-10H,2-5,8,14H2,1H3. The van der Waals surface area contributed by atoms with Gasteiger partial charge in [0.05, 0.1) is 0 Å². The summed E-state index contributed by atoms with van der Waals surface area (Å²) in [6.45, 7) is 3.82. The molecular formula is C12H19ClN4. The SMILES string of the molecule is CCN(c1ccc(Cl)nn1)C1CCCC1CN. The molecule has 0 spiro atoms. The molecule has 0 aliphatic heterocycles. The summed E-state index contributed by atoms with van der Waals surface area (Å²) >= 11 is 5.76. The molecule has 5 heteroatoms. The minimum Gasteiger partial charge on any atom is -0.352 e. The van der Waals surface area contributed by atoms with Gasteiger partial charge in [-0.25, -0.2) is 0 Å². The largest absolute Gasteiger partial charge is 0.352 e. The zero-order valence-corrected chi connectivity index (χ0v) is 10.9. The maximum Gasteiger partial charge on any atom is 0.151 e. The second kappa shape index (κ2) is 5.65. The molecule has 1 aliphatic rings. The van der Waals surface area contributed by atoms with Gasteiger partial charge in [-0.3, -0.25) is 0 Å². The van der Waals surface area contributed by atoms with Crippen LogP contribution in [0.25, 0.3) is 0 Å². The van der Waals surface area contributed by atoms with Gasteiger partial charge >= 0.3 is 0 Å². The van der Waals surface area contributed by atoms with E-state index in [0.717, 1.165) is 18.9 Å². The Hall–Kier alpha value is -0.870. The van der Waals surface area contributed by atoms with Gasteiger partial charge in [0.15, 0.2) is 11.0 Å². The molecule has 0 aromatic carbocycles. The van der Waals surface area contributed by atoms with E-state index in [4.69, 9.17) is 17.3 Å². The van der Waals surface area contributed by atoms with E-state index in [1.54, 1.807) is 6.07 Å². The molecule has 1 aliphatic carbocycles. The first-order chi connectivity index (χ1) is 8.26. The fourth-order valence-electron chi connectivity index (χ4n) is 2.73. The van der Waals surface area contributed by atoms with E-state index in [0.29, 0.717) is 17.1 Å². The Morgan fingerprint density at radius 3 is 2.82 bits per heavy atom. The van der Waals surface area contributed by atoms with Gasteiger partial charge in [-0.05, 0) is 44.4 Å². The Morgan fingerprint density at radius 2 is 2.24 bits per heavy atom. The Morgan fingerprint density at radius 1 is 1.41 bits per heavy atom. The molecular weight excluding hydrogens is 236 g/mol. The summed E-state index contributed by atoms with van der Waals surface area (Å²) in [7, 11) is 0. The van der Waals surface area contributed by atoms with Crippen molar-refractivity contribution in [2.75, 3.05) is 18.0 Å². The first kappa shape index (κ1) is 12.6. The molecule has 1 fully saturated rings. The third-order valence-corrected chi connectivity index (χ3v) is 3.78. The molecule has 17 heavy (non-hydrogen) atoms. The van der Waals surface area contributed by atoms with Crippen LogP contribution in [-0.4, -0.2) is 29.3 Å². The summed E-state index contributed by atoms with van der Waals surface area (Å²) in [5, 5.41) is 8.52. The van der Waals surface area contributed by atoms with E-state index in [9.17, 15) is 0 Å². The van der Waals surface area contributed by atoms with Crippen LogP contribution in [0.5, 0.6) is 0 Å². The van der Waals surface area contributed by atoms with E-state index in [1.165, 1.54) is 19.3 Å². The van der Waals surface area contributed by atoms with E-state index in [2.05, 4.69) is 22.0 Å². The number of aromatic nitrogens is 2. The molecule has 1 saturated carbocycles. The van der Waals surface area contributed by atoms with Crippen LogP contribution in [0.15, 0.2) is 12.1 Å². The predicted octanol–water partition coefficient (Wildman–Crippen LogP) is 2.08. The summed E-state index contributed by atoms with van der Waals surface area (Å²) in [5.74, 6) is 1.48. The van der Waals surface area contributed by atoms with Crippen molar-refractivity contribution in [3.63, 3.8) is 0 Å². The Balaban J connectivity index is 2.18. The zero-order chi connectivity index (χ0) is 12.3. The van der Waals surface area contributed by atoms with Crippen molar-refractivity contribution in [1.29, 1.82) is 0 Å². The highest BCUT2D eigenvalue weighted by Gasteiger charge is 2.31. The summed E-state index contributed by atoms with van der Waals surface area (Å²) in [4.78, 5) is 2.30. The number of halogens is 1. The molecule has 2 atom stereocenters. The average molecular weight is 255 g/mol. The molecule has 0 bridgehead atoms. The monoisotopic (exact) mass is 254 g/mol. The lowest BCUT2D eigenvalue weighted by atomic mass is 10.0. The van der Waals surface area contributed by atoms with Crippen LogP contribution in [0.4, 0.5) is 5.82 Å². The molecule has 0 amide bonds. The molecule has 2 rings (SSSR count). The Labute approximate surface area is 107 Å². The van der Waals surface area contributed by atoms with Crippen LogP contribution in [0.2, 0.25) is 5.15 Å². The molecule has 1 aromatic rings. The number of nitrogens with zero attached hydrogens (tertiary/aromatic N) is 3. The van der Waals surface area contributed by atoms with Crippen LogP contribution in [0.1, 0.15) is 26.2 Å². The highest BCUT2D eigenvalue weighted by molar-refractivity contribution is 6.29.